The summed E-state index contributed by atoms with van der Waals surface area (Å²) in [6.45, 7) is 15.6. The normalized spacial score (nSPS) is 22.1. The lowest BCUT2D eigenvalue weighted by Gasteiger charge is -2.32. The van der Waals surface area contributed by atoms with E-state index in [1.807, 2.05) is 0 Å². The van der Waals surface area contributed by atoms with Crippen LogP contribution in [0.15, 0.2) is 64.4 Å². The SMILES string of the molecule is CC(C)(C)C1=CC(=C/C=C2\CCC3=C2Oc2c4c5c(cc2=C3)CCC[N+]=5CCC4)C=C(C(C)(C)C)O1. The van der Waals surface area contributed by atoms with Crippen LogP contribution in [-0.4, -0.2) is 13.1 Å². The van der Waals surface area contributed by atoms with Gasteiger partial charge < -0.3 is 9.47 Å². The first-order valence-corrected chi connectivity index (χ1v) is 13.8. The molecule has 0 bridgehead atoms. The molecule has 0 radical (unpaired) electrons. The Morgan fingerprint density at radius 2 is 1.47 bits per heavy atom. The molecule has 3 heteroatoms. The van der Waals surface area contributed by atoms with Gasteiger partial charge in [0.05, 0.1) is 5.56 Å². The molecule has 0 spiro atoms. The van der Waals surface area contributed by atoms with Crippen molar-refractivity contribution >= 4 is 6.08 Å². The van der Waals surface area contributed by atoms with Crippen LogP contribution in [0.3, 0.4) is 0 Å². The van der Waals surface area contributed by atoms with Crippen LogP contribution in [0.5, 0.6) is 5.75 Å². The summed E-state index contributed by atoms with van der Waals surface area (Å²) < 4.78 is 15.7. The van der Waals surface area contributed by atoms with Gasteiger partial charge in [-0.2, -0.15) is 0 Å². The van der Waals surface area contributed by atoms with E-state index in [0.29, 0.717) is 0 Å². The second kappa shape index (κ2) is 8.36. The van der Waals surface area contributed by atoms with Gasteiger partial charge in [0.25, 0.3) is 0 Å². The Morgan fingerprint density at radius 1 is 0.778 bits per heavy atom. The molecule has 3 nitrogen and oxygen atoms in total. The van der Waals surface area contributed by atoms with E-state index in [2.05, 4.69) is 82.6 Å². The van der Waals surface area contributed by atoms with Gasteiger partial charge in [0.2, 0.25) is 5.36 Å². The first kappa shape index (κ1) is 23.6. The zero-order valence-electron chi connectivity index (χ0n) is 22.9. The molecule has 0 amide bonds. The summed E-state index contributed by atoms with van der Waals surface area (Å²) in [6, 6.07) is 2.42. The molecule has 4 aliphatic heterocycles. The second-order valence-electron chi connectivity index (χ2n) is 13.1. The molecule has 0 fully saturated rings. The van der Waals surface area contributed by atoms with Crippen molar-refractivity contribution in [1.29, 1.82) is 0 Å². The van der Waals surface area contributed by atoms with E-state index in [4.69, 9.17) is 9.47 Å². The third-order valence-corrected chi connectivity index (χ3v) is 8.05. The van der Waals surface area contributed by atoms with Crippen molar-refractivity contribution in [3.63, 3.8) is 0 Å². The lowest BCUT2D eigenvalue weighted by atomic mass is 9.87. The van der Waals surface area contributed by atoms with Crippen LogP contribution >= 0.6 is 0 Å². The number of nitrogens with zero attached hydrogens (tertiary/aromatic N) is 1. The summed E-state index contributed by atoms with van der Waals surface area (Å²) in [5.74, 6) is 4.26. The highest BCUT2D eigenvalue weighted by molar-refractivity contribution is 5.64. The van der Waals surface area contributed by atoms with Crippen LogP contribution in [0, 0.1) is 10.8 Å². The van der Waals surface area contributed by atoms with Crippen LogP contribution in [0.1, 0.15) is 78.4 Å². The number of benzene rings is 1. The molecule has 4 heterocycles. The lowest BCUT2D eigenvalue weighted by Crippen LogP contribution is -2.45. The minimum absolute atomic E-state index is 0.0421. The van der Waals surface area contributed by atoms with Crippen LogP contribution in [0.25, 0.3) is 6.08 Å². The minimum atomic E-state index is -0.0421. The van der Waals surface area contributed by atoms with Gasteiger partial charge in [-0.3, -0.25) is 0 Å². The van der Waals surface area contributed by atoms with Crippen molar-refractivity contribution in [2.75, 3.05) is 13.1 Å². The van der Waals surface area contributed by atoms with E-state index in [1.165, 1.54) is 70.8 Å². The van der Waals surface area contributed by atoms with E-state index >= 15 is 0 Å². The Morgan fingerprint density at radius 3 is 2.17 bits per heavy atom. The molecule has 1 aromatic carbocycles. The van der Waals surface area contributed by atoms with E-state index < -0.39 is 0 Å². The Balaban J connectivity index is 1.39. The molecule has 0 saturated carbocycles. The lowest BCUT2D eigenvalue weighted by molar-refractivity contribution is 0.161. The van der Waals surface area contributed by atoms with Crippen LogP contribution in [0.2, 0.25) is 0 Å². The van der Waals surface area contributed by atoms with Crippen LogP contribution in [-0.2, 0) is 17.6 Å². The molecule has 188 valence electrons. The van der Waals surface area contributed by atoms with E-state index in [1.54, 1.807) is 0 Å². The number of hydrogen-bond acceptors (Lipinski definition) is 2. The zero-order chi connectivity index (χ0) is 25.2. The maximum atomic E-state index is 6.80. The quantitative estimate of drug-likeness (QED) is 0.456. The van der Waals surface area contributed by atoms with E-state index in [-0.39, 0.29) is 10.8 Å². The smallest absolute Gasteiger partial charge is 0.210 e. The fourth-order valence-electron chi connectivity index (χ4n) is 6.06. The standard InChI is InChI=1S/C33H40NO2/c1-32(2,3)27-17-21(18-28(35-27)33(4,5)6)11-12-22-13-14-24-20-25-19-23-9-7-15-34-16-8-10-26(29(23)34)31(25)36-30(22)24/h11-12,17-20H,7-10,13-16H2,1-6H3/q+1/b22-12+. The van der Waals surface area contributed by atoms with Gasteiger partial charge >= 0.3 is 0 Å². The molecule has 5 aliphatic rings. The monoisotopic (exact) mass is 482 g/mol. The molecule has 0 unspecified atom stereocenters. The highest BCUT2D eigenvalue weighted by Crippen LogP contribution is 2.40. The molecule has 6 rings (SSSR count). The summed E-state index contributed by atoms with van der Waals surface area (Å²) in [5.41, 5.74) is 6.74. The van der Waals surface area contributed by atoms with Crippen LogP contribution < -0.4 is 19.9 Å². The van der Waals surface area contributed by atoms with Crippen molar-refractivity contribution in [3.05, 3.63) is 86.1 Å². The van der Waals surface area contributed by atoms with Gasteiger partial charge in [0.1, 0.15) is 36.1 Å². The fraction of sp³-hybridized carbons (Fsp3) is 0.485. The van der Waals surface area contributed by atoms with Gasteiger partial charge in [0.15, 0.2) is 0 Å². The predicted molar refractivity (Wildman–Crippen MR) is 147 cm³/mol. The fourth-order valence-corrected chi connectivity index (χ4v) is 6.06. The predicted octanol–water partition coefficient (Wildman–Crippen LogP) is 6.03. The van der Waals surface area contributed by atoms with E-state index in [9.17, 15) is 0 Å². The Labute approximate surface area is 215 Å². The van der Waals surface area contributed by atoms with Crippen molar-refractivity contribution in [3.8, 4) is 5.75 Å². The van der Waals surface area contributed by atoms with Gasteiger partial charge in [-0.1, -0.05) is 53.7 Å². The highest BCUT2D eigenvalue weighted by Gasteiger charge is 2.32. The molecule has 1 aliphatic carbocycles. The Kier molecular flexibility index (Phi) is 5.48. The molecule has 0 atom stereocenters. The number of allylic oxidation sites excluding steroid dienone is 9. The maximum Gasteiger partial charge on any atom is 0.210 e. The number of aryl methyl sites for hydroxylation is 1. The van der Waals surface area contributed by atoms with Crippen LogP contribution in [0.4, 0.5) is 0 Å². The second-order valence-corrected chi connectivity index (χ2v) is 13.1. The average Bonchev–Trinajstić information content (AvgIpc) is 3.22. The molecule has 1 aromatic rings. The summed E-state index contributed by atoms with van der Waals surface area (Å²) >= 11 is 0. The Hall–Kier alpha value is -2.81. The van der Waals surface area contributed by atoms with E-state index in [0.717, 1.165) is 42.3 Å². The number of rotatable bonds is 1. The van der Waals surface area contributed by atoms with Crippen molar-refractivity contribution < 1.29 is 9.47 Å². The minimum Gasteiger partial charge on any atom is -0.465 e. The zero-order valence-corrected chi connectivity index (χ0v) is 22.9. The topological polar surface area (TPSA) is 21.5 Å². The van der Waals surface area contributed by atoms with Gasteiger partial charge in [-0.05, 0) is 66.7 Å². The first-order chi connectivity index (χ1) is 17.1. The third-order valence-electron chi connectivity index (χ3n) is 8.05. The number of fused-ring (bicyclic) bond motifs is 2. The van der Waals surface area contributed by atoms with Gasteiger partial charge in [-0.15, -0.1) is 0 Å². The molecule has 36 heavy (non-hydrogen) atoms. The third kappa shape index (κ3) is 4.11. The number of ether oxygens (including phenoxy) is 2. The summed E-state index contributed by atoms with van der Waals surface area (Å²) in [5, 5.41) is 2.78. The summed E-state index contributed by atoms with van der Waals surface area (Å²) in [4.78, 5) is 0. The molecule has 0 aromatic heterocycles. The van der Waals surface area contributed by atoms with Crippen molar-refractivity contribution in [2.24, 2.45) is 10.8 Å². The summed E-state index contributed by atoms with van der Waals surface area (Å²) in [6.07, 6.45) is 18.2. The van der Waals surface area contributed by atoms with Crippen molar-refractivity contribution in [1.82, 2.24) is 4.58 Å². The molecule has 0 N–H and O–H groups in total. The largest absolute Gasteiger partial charge is 0.465 e. The summed E-state index contributed by atoms with van der Waals surface area (Å²) in [7, 11) is 0. The first-order valence-electron chi connectivity index (χ1n) is 13.8. The Bertz CT molecular complexity index is 1390. The molecule has 0 saturated heterocycles. The highest BCUT2D eigenvalue weighted by atomic mass is 16.5. The number of hydrogen-bond donors (Lipinski definition) is 0. The molecular weight excluding hydrogens is 442 g/mol. The van der Waals surface area contributed by atoms with Gasteiger partial charge in [-0.25, -0.2) is 4.58 Å². The molecular formula is C33H40NO2+. The van der Waals surface area contributed by atoms with Gasteiger partial charge in [0, 0.05) is 34.5 Å². The van der Waals surface area contributed by atoms with Crippen molar-refractivity contribution in [2.45, 2.75) is 80.1 Å². The average molecular weight is 483 g/mol. The maximum absolute atomic E-state index is 6.80.